The van der Waals surface area contributed by atoms with Crippen LogP contribution in [-0.4, -0.2) is 26.7 Å². The number of phenolic OH excluding ortho intramolecular Hbond substituents is 1. The van der Waals surface area contributed by atoms with Gasteiger partial charge < -0.3 is 10.1 Å². The molecule has 2 N–H and O–H groups in total. The summed E-state index contributed by atoms with van der Waals surface area (Å²) in [5.41, 5.74) is 3.39. The summed E-state index contributed by atoms with van der Waals surface area (Å²) < 4.78 is 0. The summed E-state index contributed by atoms with van der Waals surface area (Å²) in [5.74, 6) is -0.106. The van der Waals surface area contributed by atoms with Gasteiger partial charge in [0.1, 0.15) is 5.75 Å². The number of carbonyl (C=O) groups excluding carboxylic acids is 1. The second kappa shape index (κ2) is 8.80. The molecule has 1 aromatic heterocycles. The van der Waals surface area contributed by atoms with Gasteiger partial charge in [-0.1, -0.05) is 67.1 Å². The average Bonchev–Trinajstić information content (AvgIpc) is 3.28. The predicted octanol–water partition coefficient (Wildman–Crippen LogP) is 5.64. The zero-order valence-corrected chi connectivity index (χ0v) is 19.2. The van der Waals surface area contributed by atoms with Gasteiger partial charge in [-0.2, -0.15) is 5.10 Å². The zero-order chi connectivity index (χ0) is 23.8. The Morgan fingerprint density at radius 3 is 2.56 bits per heavy atom. The van der Waals surface area contributed by atoms with Gasteiger partial charge in [-0.3, -0.25) is 9.59 Å². The van der Waals surface area contributed by atoms with Crippen molar-refractivity contribution in [2.75, 3.05) is 0 Å². The first-order valence-corrected chi connectivity index (χ1v) is 11.4. The summed E-state index contributed by atoms with van der Waals surface area (Å²) in [5, 5.41) is 17.9. The van der Waals surface area contributed by atoms with Gasteiger partial charge in [0.05, 0.1) is 17.3 Å². The number of nitrogens with zero attached hydrogens (tertiary/aromatic N) is 2. The van der Waals surface area contributed by atoms with E-state index in [4.69, 9.17) is 11.6 Å². The fourth-order valence-corrected chi connectivity index (χ4v) is 4.68. The highest BCUT2D eigenvalue weighted by molar-refractivity contribution is 6.31. The van der Waals surface area contributed by atoms with E-state index in [9.17, 15) is 14.7 Å². The number of aromatic nitrogens is 1. The lowest BCUT2D eigenvalue weighted by molar-refractivity contribution is -0.132. The van der Waals surface area contributed by atoms with Crippen LogP contribution in [0.5, 0.6) is 5.75 Å². The first-order chi connectivity index (χ1) is 16.5. The average molecular weight is 472 g/mol. The molecule has 0 bridgehead atoms. The second-order valence-corrected chi connectivity index (χ2v) is 8.61. The number of H-pyrrole nitrogens is 1. The van der Waals surface area contributed by atoms with Gasteiger partial charge >= 0.3 is 0 Å². The van der Waals surface area contributed by atoms with Crippen molar-refractivity contribution in [1.82, 2.24) is 9.99 Å². The SMILES string of the molecule is CCC(=O)N1N=C(c2c(-c3ccccc3)c3cc(Cl)ccc3[nH]c2=O)CC1c1ccccc1O. The minimum absolute atomic E-state index is 0.0836. The number of hydrogen-bond acceptors (Lipinski definition) is 4. The molecule has 1 atom stereocenters. The minimum atomic E-state index is -0.512. The Labute approximate surface area is 201 Å². The maximum absolute atomic E-state index is 13.4. The van der Waals surface area contributed by atoms with Crippen molar-refractivity contribution in [1.29, 1.82) is 0 Å². The van der Waals surface area contributed by atoms with E-state index in [1.165, 1.54) is 5.01 Å². The molecule has 5 rings (SSSR count). The molecule has 0 spiro atoms. The molecular weight excluding hydrogens is 450 g/mol. The number of benzene rings is 3. The van der Waals surface area contributed by atoms with E-state index in [2.05, 4.69) is 10.1 Å². The summed E-state index contributed by atoms with van der Waals surface area (Å²) in [7, 11) is 0. The van der Waals surface area contributed by atoms with Crippen molar-refractivity contribution in [3.8, 4) is 16.9 Å². The normalized spacial score (nSPS) is 15.5. The van der Waals surface area contributed by atoms with Gasteiger partial charge in [-0.15, -0.1) is 0 Å². The van der Waals surface area contributed by atoms with Crippen LogP contribution in [0.4, 0.5) is 0 Å². The van der Waals surface area contributed by atoms with Gasteiger partial charge in [0.15, 0.2) is 0 Å². The number of carbonyl (C=O) groups is 1. The molecule has 6 nitrogen and oxygen atoms in total. The van der Waals surface area contributed by atoms with E-state index in [0.717, 1.165) is 10.9 Å². The maximum atomic E-state index is 13.4. The third-order valence-corrected chi connectivity index (χ3v) is 6.33. The van der Waals surface area contributed by atoms with E-state index in [-0.39, 0.29) is 30.1 Å². The van der Waals surface area contributed by atoms with Gasteiger partial charge in [0, 0.05) is 39.9 Å². The lowest BCUT2D eigenvalue weighted by atomic mass is 9.91. The molecule has 1 amide bonds. The number of aromatic hydroxyl groups is 1. The third-order valence-electron chi connectivity index (χ3n) is 6.09. The van der Waals surface area contributed by atoms with Crippen molar-refractivity contribution in [2.24, 2.45) is 5.10 Å². The van der Waals surface area contributed by atoms with Crippen LogP contribution in [0, 0.1) is 0 Å². The molecule has 170 valence electrons. The molecule has 34 heavy (non-hydrogen) atoms. The quantitative estimate of drug-likeness (QED) is 0.403. The Bertz CT molecular complexity index is 1490. The number of aromatic amines is 1. The second-order valence-electron chi connectivity index (χ2n) is 8.18. The van der Waals surface area contributed by atoms with Crippen molar-refractivity contribution >= 4 is 34.1 Å². The molecule has 0 fully saturated rings. The number of nitrogens with one attached hydrogen (secondary N) is 1. The molecule has 1 unspecified atom stereocenters. The van der Waals surface area contributed by atoms with Gasteiger partial charge in [-0.25, -0.2) is 5.01 Å². The molecule has 1 aliphatic heterocycles. The van der Waals surface area contributed by atoms with E-state index < -0.39 is 6.04 Å². The first-order valence-electron chi connectivity index (χ1n) is 11.1. The van der Waals surface area contributed by atoms with Crippen molar-refractivity contribution < 1.29 is 9.90 Å². The third kappa shape index (κ3) is 3.76. The molecule has 1 aliphatic rings. The van der Waals surface area contributed by atoms with Crippen LogP contribution >= 0.6 is 11.6 Å². The van der Waals surface area contributed by atoms with Crippen LogP contribution in [0.3, 0.4) is 0 Å². The van der Waals surface area contributed by atoms with E-state index in [1.54, 1.807) is 37.3 Å². The molecule has 0 saturated heterocycles. The molecule has 0 saturated carbocycles. The number of para-hydroxylation sites is 1. The summed E-state index contributed by atoms with van der Waals surface area (Å²) in [6.07, 6.45) is 0.536. The number of amides is 1. The largest absolute Gasteiger partial charge is 0.508 e. The zero-order valence-electron chi connectivity index (χ0n) is 18.5. The summed E-state index contributed by atoms with van der Waals surface area (Å²) >= 11 is 6.33. The summed E-state index contributed by atoms with van der Waals surface area (Å²) in [4.78, 5) is 29.2. The van der Waals surface area contributed by atoms with Crippen LogP contribution in [0.15, 0.2) is 82.7 Å². The number of pyridine rings is 1. The number of hydrogen-bond donors (Lipinski definition) is 2. The predicted molar refractivity (Wildman–Crippen MR) is 134 cm³/mol. The van der Waals surface area contributed by atoms with Crippen molar-refractivity contribution in [3.63, 3.8) is 0 Å². The highest BCUT2D eigenvalue weighted by Gasteiger charge is 2.36. The number of hydrazone groups is 1. The standard InChI is InChI=1S/C27H22ClN3O3/c1-2-24(33)31-22(18-10-6-7-11-23(18)32)15-21(30-31)26-25(16-8-4-3-5-9-16)19-14-17(28)12-13-20(19)29-27(26)34/h3-14,22,32H,2,15H2,1H3,(H,29,34). The minimum Gasteiger partial charge on any atom is -0.508 e. The topological polar surface area (TPSA) is 85.8 Å². The monoisotopic (exact) mass is 471 g/mol. The van der Waals surface area contributed by atoms with Crippen LogP contribution in [0.25, 0.3) is 22.0 Å². The smallest absolute Gasteiger partial charge is 0.258 e. The molecule has 0 radical (unpaired) electrons. The highest BCUT2D eigenvalue weighted by atomic mass is 35.5. The number of rotatable bonds is 4. The fraction of sp³-hybridized carbons (Fsp3) is 0.148. The van der Waals surface area contributed by atoms with Crippen LogP contribution in [-0.2, 0) is 4.79 Å². The van der Waals surface area contributed by atoms with Crippen molar-refractivity contribution in [2.45, 2.75) is 25.8 Å². The summed E-state index contributed by atoms with van der Waals surface area (Å²) in [6, 6.07) is 21.3. The molecule has 0 aliphatic carbocycles. The number of halogens is 1. The van der Waals surface area contributed by atoms with Crippen molar-refractivity contribution in [3.05, 3.63) is 99.3 Å². The maximum Gasteiger partial charge on any atom is 0.258 e. The molecular formula is C27H22ClN3O3. The Morgan fingerprint density at radius 2 is 1.82 bits per heavy atom. The first kappa shape index (κ1) is 21.9. The Kier molecular flexibility index (Phi) is 5.67. The van der Waals surface area contributed by atoms with Crippen LogP contribution in [0.2, 0.25) is 5.02 Å². The number of fused-ring (bicyclic) bond motifs is 1. The van der Waals surface area contributed by atoms with Gasteiger partial charge in [0.25, 0.3) is 5.56 Å². The van der Waals surface area contributed by atoms with E-state index in [0.29, 0.717) is 32.9 Å². The molecule has 3 aromatic carbocycles. The fourth-order valence-electron chi connectivity index (χ4n) is 4.51. The summed E-state index contributed by atoms with van der Waals surface area (Å²) in [6.45, 7) is 1.76. The van der Waals surface area contributed by atoms with Crippen LogP contribution < -0.4 is 5.56 Å². The highest BCUT2D eigenvalue weighted by Crippen LogP contribution is 2.39. The lowest BCUT2D eigenvalue weighted by Crippen LogP contribution is -2.26. The van der Waals surface area contributed by atoms with Crippen LogP contribution in [0.1, 0.15) is 36.9 Å². The molecule has 2 heterocycles. The molecule has 4 aromatic rings. The number of phenols is 1. The Hall–Kier alpha value is -3.90. The van der Waals surface area contributed by atoms with Gasteiger partial charge in [-0.05, 0) is 29.8 Å². The Morgan fingerprint density at radius 1 is 1.09 bits per heavy atom. The molecule has 7 heteroatoms. The van der Waals surface area contributed by atoms with E-state index in [1.807, 2.05) is 42.5 Å². The van der Waals surface area contributed by atoms with E-state index >= 15 is 0 Å². The lowest BCUT2D eigenvalue weighted by Gasteiger charge is -2.22. The van der Waals surface area contributed by atoms with Gasteiger partial charge in [0.2, 0.25) is 5.91 Å². The Balaban J connectivity index is 1.76.